The minimum Gasteiger partial charge on any atom is -0.290 e. The first-order chi connectivity index (χ1) is 10.4. The minimum atomic E-state index is -0.424. The van der Waals surface area contributed by atoms with E-state index in [1.54, 1.807) is 17.9 Å². The molecule has 0 bridgehead atoms. The number of nitrogens with zero attached hydrogens (tertiary/aromatic N) is 3. The molecule has 0 saturated carbocycles. The van der Waals surface area contributed by atoms with Crippen LogP contribution in [0.1, 0.15) is 25.8 Å². The molecule has 1 saturated heterocycles. The first kappa shape index (κ1) is 16.5. The van der Waals surface area contributed by atoms with Crippen molar-refractivity contribution in [3.8, 4) is 0 Å². The number of carbonyl (C=O) groups is 1. The van der Waals surface area contributed by atoms with Gasteiger partial charge in [0.05, 0.1) is 16.4 Å². The number of hydrogen-bond donors (Lipinski definition) is 0. The van der Waals surface area contributed by atoms with Gasteiger partial charge in [-0.3, -0.25) is 19.8 Å². The molecule has 2 rings (SSSR count). The van der Waals surface area contributed by atoms with Crippen molar-refractivity contribution in [1.82, 2.24) is 4.90 Å². The van der Waals surface area contributed by atoms with E-state index in [4.69, 9.17) is 0 Å². The molecule has 1 amide bonds. The quantitative estimate of drug-likeness (QED) is 0.614. The van der Waals surface area contributed by atoms with Gasteiger partial charge in [-0.15, -0.1) is 0 Å². The van der Waals surface area contributed by atoms with E-state index in [9.17, 15) is 14.9 Å². The third kappa shape index (κ3) is 3.65. The molecule has 1 aliphatic rings. The van der Waals surface area contributed by atoms with Gasteiger partial charge >= 0.3 is 0 Å². The van der Waals surface area contributed by atoms with E-state index < -0.39 is 4.92 Å². The van der Waals surface area contributed by atoms with E-state index in [0.717, 1.165) is 12.0 Å². The molecule has 1 fully saturated rings. The maximum absolute atomic E-state index is 12.0. The molecular formula is C15H19N3O3S. The van der Waals surface area contributed by atoms with Gasteiger partial charge in [0.1, 0.15) is 0 Å². The molecule has 1 atom stereocenters. The molecule has 22 heavy (non-hydrogen) atoms. The number of hydrogen-bond acceptors (Lipinski definition) is 5. The average molecular weight is 321 g/mol. The molecular weight excluding hydrogens is 302 g/mol. The van der Waals surface area contributed by atoms with Crippen LogP contribution in [0.15, 0.2) is 23.2 Å². The fourth-order valence-corrected chi connectivity index (χ4v) is 2.99. The summed E-state index contributed by atoms with van der Waals surface area (Å²) in [5, 5.41) is 11.5. The van der Waals surface area contributed by atoms with Crippen molar-refractivity contribution in [3.63, 3.8) is 0 Å². The second-order valence-electron chi connectivity index (χ2n) is 5.43. The first-order valence-electron chi connectivity index (χ1n) is 7.19. The first-order valence-corrected chi connectivity index (χ1v) is 8.17. The largest absolute Gasteiger partial charge is 0.290 e. The lowest BCUT2D eigenvalue weighted by Gasteiger charge is -2.19. The standard InChI is InChI=1S/C15H19N3O3S/c1-4-10(2)8-17-14(19)9-22-15(17)16-13-6-5-12(18(20)21)7-11(13)3/h5-7,10H,4,8-9H2,1-3H3. The second kappa shape index (κ2) is 6.91. The highest BCUT2D eigenvalue weighted by Gasteiger charge is 2.29. The maximum Gasteiger partial charge on any atom is 0.269 e. The molecule has 0 aromatic heterocycles. The number of thioether (sulfide) groups is 1. The summed E-state index contributed by atoms with van der Waals surface area (Å²) in [4.78, 5) is 28.6. The number of benzene rings is 1. The van der Waals surface area contributed by atoms with Gasteiger partial charge in [0.2, 0.25) is 5.91 Å². The van der Waals surface area contributed by atoms with Crippen molar-refractivity contribution < 1.29 is 9.72 Å². The fraction of sp³-hybridized carbons (Fsp3) is 0.467. The lowest BCUT2D eigenvalue weighted by Crippen LogP contribution is -2.33. The Morgan fingerprint density at radius 3 is 2.82 bits per heavy atom. The molecule has 7 heteroatoms. The predicted molar refractivity (Wildman–Crippen MR) is 88.6 cm³/mol. The Hall–Kier alpha value is -1.89. The van der Waals surface area contributed by atoms with Crippen LogP contribution in [0.5, 0.6) is 0 Å². The molecule has 118 valence electrons. The highest BCUT2D eigenvalue weighted by atomic mass is 32.2. The Labute approximate surface area is 133 Å². The summed E-state index contributed by atoms with van der Waals surface area (Å²) in [7, 11) is 0. The monoisotopic (exact) mass is 321 g/mol. The Kier molecular flexibility index (Phi) is 5.18. The Bertz CT molecular complexity index is 630. The minimum absolute atomic E-state index is 0.0491. The SMILES string of the molecule is CCC(C)CN1C(=O)CSC1=Nc1ccc([N+](=O)[O-])cc1C. The molecule has 0 radical (unpaired) electrons. The Morgan fingerprint density at radius 2 is 2.23 bits per heavy atom. The van der Waals surface area contributed by atoms with Crippen LogP contribution in [0.25, 0.3) is 0 Å². The van der Waals surface area contributed by atoms with Crippen molar-refractivity contribution in [2.75, 3.05) is 12.3 Å². The second-order valence-corrected chi connectivity index (χ2v) is 6.37. The number of amidine groups is 1. The Morgan fingerprint density at radius 1 is 1.50 bits per heavy atom. The van der Waals surface area contributed by atoms with Gasteiger partial charge in [-0.1, -0.05) is 32.0 Å². The highest BCUT2D eigenvalue weighted by Crippen LogP contribution is 2.28. The van der Waals surface area contributed by atoms with E-state index >= 15 is 0 Å². The summed E-state index contributed by atoms with van der Waals surface area (Å²) < 4.78 is 0. The Balaban J connectivity index is 2.27. The van der Waals surface area contributed by atoms with Crippen LogP contribution in [-0.4, -0.2) is 33.2 Å². The van der Waals surface area contributed by atoms with Gasteiger partial charge in [0.15, 0.2) is 5.17 Å². The number of non-ortho nitro benzene ring substituents is 1. The van der Waals surface area contributed by atoms with Crippen molar-refractivity contribution in [1.29, 1.82) is 0 Å². The zero-order valence-electron chi connectivity index (χ0n) is 12.9. The maximum atomic E-state index is 12.0. The fourth-order valence-electron chi connectivity index (χ4n) is 2.08. The summed E-state index contributed by atoms with van der Waals surface area (Å²) >= 11 is 1.42. The summed E-state index contributed by atoms with van der Waals surface area (Å²) in [5.74, 6) is 0.885. The molecule has 1 unspecified atom stereocenters. The van der Waals surface area contributed by atoms with Crippen LogP contribution in [-0.2, 0) is 4.79 Å². The van der Waals surface area contributed by atoms with Crippen LogP contribution in [0.2, 0.25) is 0 Å². The highest BCUT2D eigenvalue weighted by molar-refractivity contribution is 8.15. The van der Waals surface area contributed by atoms with Crippen molar-refractivity contribution in [2.45, 2.75) is 27.2 Å². The average Bonchev–Trinajstić information content (AvgIpc) is 2.81. The lowest BCUT2D eigenvalue weighted by atomic mass is 10.1. The predicted octanol–water partition coefficient (Wildman–Crippen LogP) is 3.51. The van der Waals surface area contributed by atoms with E-state index in [-0.39, 0.29) is 11.6 Å². The molecule has 1 aromatic carbocycles. The van der Waals surface area contributed by atoms with Gasteiger partial charge in [0.25, 0.3) is 5.69 Å². The van der Waals surface area contributed by atoms with Gasteiger partial charge in [-0.2, -0.15) is 0 Å². The van der Waals surface area contributed by atoms with Crippen LogP contribution in [0.3, 0.4) is 0 Å². The van der Waals surface area contributed by atoms with Crippen LogP contribution in [0, 0.1) is 23.0 Å². The number of amides is 1. The van der Waals surface area contributed by atoms with Crippen LogP contribution in [0.4, 0.5) is 11.4 Å². The third-order valence-electron chi connectivity index (χ3n) is 3.66. The molecule has 0 aliphatic carbocycles. The smallest absolute Gasteiger partial charge is 0.269 e. The zero-order chi connectivity index (χ0) is 16.3. The number of carbonyl (C=O) groups excluding carboxylic acids is 1. The van der Waals surface area contributed by atoms with Crippen molar-refractivity contribution in [3.05, 3.63) is 33.9 Å². The van der Waals surface area contributed by atoms with E-state index in [2.05, 4.69) is 18.8 Å². The zero-order valence-corrected chi connectivity index (χ0v) is 13.7. The number of aliphatic imine (C=N–C) groups is 1. The topological polar surface area (TPSA) is 75.8 Å². The molecule has 0 N–H and O–H groups in total. The molecule has 1 aliphatic heterocycles. The molecule has 1 aromatic rings. The summed E-state index contributed by atoms with van der Waals surface area (Å²) in [6.07, 6.45) is 0.998. The summed E-state index contributed by atoms with van der Waals surface area (Å²) in [6, 6.07) is 4.57. The van der Waals surface area contributed by atoms with E-state index in [1.165, 1.54) is 23.9 Å². The molecule has 0 spiro atoms. The van der Waals surface area contributed by atoms with E-state index in [1.807, 2.05) is 0 Å². The number of nitro benzene ring substituents is 1. The van der Waals surface area contributed by atoms with Crippen molar-refractivity contribution in [2.24, 2.45) is 10.9 Å². The number of aryl methyl sites for hydroxylation is 1. The van der Waals surface area contributed by atoms with Gasteiger partial charge in [0, 0.05) is 18.7 Å². The third-order valence-corrected chi connectivity index (χ3v) is 4.62. The lowest BCUT2D eigenvalue weighted by molar-refractivity contribution is -0.384. The summed E-state index contributed by atoms with van der Waals surface area (Å²) in [6.45, 7) is 6.64. The molecule has 6 nitrogen and oxygen atoms in total. The van der Waals surface area contributed by atoms with E-state index in [0.29, 0.717) is 29.1 Å². The normalized spacial score (nSPS) is 18.0. The number of rotatable bonds is 5. The number of nitro groups is 1. The van der Waals surface area contributed by atoms with Crippen molar-refractivity contribution >= 4 is 34.2 Å². The van der Waals surface area contributed by atoms with Crippen LogP contribution < -0.4 is 0 Å². The van der Waals surface area contributed by atoms with Gasteiger partial charge in [-0.25, -0.2) is 4.99 Å². The van der Waals surface area contributed by atoms with Gasteiger partial charge in [-0.05, 0) is 24.5 Å². The van der Waals surface area contributed by atoms with Crippen LogP contribution >= 0.6 is 11.8 Å². The van der Waals surface area contributed by atoms with Gasteiger partial charge < -0.3 is 0 Å². The molecule has 1 heterocycles. The summed E-state index contributed by atoms with van der Waals surface area (Å²) in [5.41, 5.74) is 1.44.